The van der Waals surface area contributed by atoms with Crippen molar-refractivity contribution in [3.63, 3.8) is 0 Å². The molecule has 128 valence electrons. The first-order chi connectivity index (χ1) is 11.7. The molecule has 1 aromatic carbocycles. The Hall–Kier alpha value is -2.34. The van der Waals surface area contributed by atoms with Crippen molar-refractivity contribution < 1.29 is 14.6 Å². The van der Waals surface area contributed by atoms with Gasteiger partial charge in [0.25, 0.3) is 0 Å². The minimum atomic E-state index is -0.698. The van der Waals surface area contributed by atoms with Crippen LogP contribution in [0.1, 0.15) is 25.7 Å². The van der Waals surface area contributed by atoms with E-state index in [-0.39, 0.29) is 18.1 Å². The molecular formula is C18H23N3O3. The molecule has 1 saturated carbocycles. The molecule has 6 nitrogen and oxygen atoms in total. The monoisotopic (exact) mass is 329 g/mol. The number of carbonyl (C=O) groups is 1. The van der Waals surface area contributed by atoms with Crippen LogP contribution < -0.4 is 10.1 Å². The zero-order valence-corrected chi connectivity index (χ0v) is 13.5. The first-order valence-electron chi connectivity index (χ1n) is 8.37. The molecule has 0 bridgehead atoms. The van der Waals surface area contributed by atoms with Crippen LogP contribution in [0.5, 0.6) is 5.75 Å². The van der Waals surface area contributed by atoms with E-state index in [0.717, 1.165) is 25.0 Å². The number of carbonyl (C=O) groups excluding carboxylic acids is 1. The molecule has 1 fully saturated rings. The fraction of sp³-hybridized carbons (Fsp3) is 0.444. The highest BCUT2D eigenvalue weighted by molar-refractivity contribution is 5.76. The van der Waals surface area contributed by atoms with Crippen molar-refractivity contribution in [1.82, 2.24) is 14.9 Å². The Morgan fingerprint density at radius 2 is 2.17 bits per heavy atom. The highest BCUT2D eigenvalue weighted by atomic mass is 16.5. The van der Waals surface area contributed by atoms with Gasteiger partial charge in [-0.3, -0.25) is 4.79 Å². The zero-order valence-electron chi connectivity index (χ0n) is 13.5. The van der Waals surface area contributed by atoms with Crippen LogP contribution in [0.4, 0.5) is 0 Å². The van der Waals surface area contributed by atoms with Crippen LogP contribution in [0.15, 0.2) is 49.1 Å². The summed E-state index contributed by atoms with van der Waals surface area (Å²) in [5.41, 5.74) is 0. The van der Waals surface area contributed by atoms with Crippen molar-refractivity contribution in [3.8, 4) is 5.75 Å². The van der Waals surface area contributed by atoms with E-state index in [9.17, 15) is 9.90 Å². The number of aliphatic hydroxyl groups excluding tert-OH is 1. The van der Waals surface area contributed by atoms with Crippen LogP contribution in [0.3, 0.4) is 0 Å². The largest absolute Gasteiger partial charge is 0.488 e. The molecule has 1 aliphatic carbocycles. The van der Waals surface area contributed by atoms with Crippen molar-refractivity contribution in [2.75, 3.05) is 0 Å². The number of aromatic nitrogens is 2. The number of nitrogens with zero attached hydrogens (tertiary/aromatic N) is 2. The maximum absolute atomic E-state index is 12.1. The zero-order chi connectivity index (χ0) is 16.8. The van der Waals surface area contributed by atoms with E-state index in [1.807, 2.05) is 41.1 Å². The summed E-state index contributed by atoms with van der Waals surface area (Å²) < 4.78 is 7.74. The smallest absolute Gasteiger partial charge is 0.222 e. The summed E-state index contributed by atoms with van der Waals surface area (Å²) in [6, 6.07) is 9.22. The molecule has 1 aromatic heterocycles. The molecule has 1 aliphatic rings. The fourth-order valence-electron chi connectivity index (χ4n) is 3.03. The van der Waals surface area contributed by atoms with E-state index in [2.05, 4.69) is 10.3 Å². The molecule has 0 radical (unpaired) electrons. The lowest BCUT2D eigenvalue weighted by atomic mass is 9.89. The molecule has 24 heavy (non-hydrogen) atoms. The Morgan fingerprint density at radius 3 is 2.92 bits per heavy atom. The lowest BCUT2D eigenvalue weighted by molar-refractivity contribution is -0.124. The van der Waals surface area contributed by atoms with Crippen molar-refractivity contribution in [2.45, 2.75) is 50.5 Å². The van der Waals surface area contributed by atoms with E-state index in [4.69, 9.17) is 4.74 Å². The standard InChI is InChI=1S/C18H23N3O3/c22-17(9-11-21-12-10-19-13-21)20-15-7-4-8-16(18(15)23)24-14-5-2-1-3-6-14/h1-3,5-6,10,12-13,15-16,18,23H,4,7-9,11H2,(H,20,22)/t15-,16-,18-/m1/s1. The van der Waals surface area contributed by atoms with Gasteiger partial charge >= 0.3 is 0 Å². The van der Waals surface area contributed by atoms with Crippen molar-refractivity contribution >= 4 is 5.91 Å². The molecule has 1 amide bonds. The van der Waals surface area contributed by atoms with Crippen LogP contribution in [0.25, 0.3) is 0 Å². The number of nitrogens with one attached hydrogen (secondary N) is 1. The Kier molecular flexibility index (Phi) is 5.48. The molecule has 3 atom stereocenters. The second kappa shape index (κ2) is 7.97. The van der Waals surface area contributed by atoms with Crippen molar-refractivity contribution in [3.05, 3.63) is 49.1 Å². The summed E-state index contributed by atoms with van der Waals surface area (Å²) in [6.45, 7) is 0.582. The van der Waals surface area contributed by atoms with Gasteiger partial charge in [-0.15, -0.1) is 0 Å². The van der Waals surface area contributed by atoms with E-state index >= 15 is 0 Å². The molecule has 0 aliphatic heterocycles. The first kappa shape index (κ1) is 16.5. The number of ether oxygens (including phenoxy) is 1. The highest BCUT2D eigenvalue weighted by Gasteiger charge is 2.34. The second-order valence-electron chi connectivity index (χ2n) is 6.12. The number of aryl methyl sites for hydroxylation is 1. The molecule has 0 saturated heterocycles. The van der Waals surface area contributed by atoms with Gasteiger partial charge < -0.3 is 19.7 Å². The molecule has 0 unspecified atom stereocenters. The van der Waals surface area contributed by atoms with E-state index < -0.39 is 6.10 Å². The molecule has 6 heteroatoms. The molecule has 1 heterocycles. The molecule has 3 rings (SSSR count). The normalized spacial score (nSPS) is 23.6. The maximum atomic E-state index is 12.1. The number of imidazole rings is 1. The van der Waals surface area contributed by atoms with E-state index in [0.29, 0.717) is 13.0 Å². The van der Waals surface area contributed by atoms with Gasteiger partial charge in [0.15, 0.2) is 0 Å². The Bertz CT molecular complexity index is 630. The summed E-state index contributed by atoms with van der Waals surface area (Å²) >= 11 is 0. The van der Waals surface area contributed by atoms with Gasteiger partial charge in [-0.1, -0.05) is 18.2 Å². The summed E-state index contributed by atoms with van der Waals surface area (Å²) in [5.74, 6) is 0.682. The third-order valence-corrected chi connectivity index (χ3v) is 4.33. The van der Waals surface area contributed by atoms with Crippen LogP contribution in [0.2, 0.25) is 0 Å². The fourth-order valence-corrected chi connectivity index (χ4v) is 3.03. The summed E-state index contributed by atoms with van der Waals surface area (Å²) in [7, 11) is 0. The van der Waals surface area contributed by atoms with Crippen LogP contribution in [-0.2, 0) is 11.3 Å². The van der Waals surface area contributed by atoms with Gasteiger partial charge in [0.2, 0.25) is 5.91 Å². The summed E-state index contributed by atoms with van der Waals surface area (Å²) in [6.07, 6.45) is 7.05. The number of hydrogen-bond acceptors (Lipinski definition) is 4. The van der Waals surface area contributed by atoms with Gasteiger partial charge in [-0.2, -0.15) is 0 Å². The van der Waals surface area contributed by atoms with Gasteiger partial charge in [-0.05, 0) is 31.4 Å². The Morgan fingerprint density at radius 1 is 1.33 bits per heavy atom. The van der Waals surface area contributed by atoms with Crippen LogP contribution in [-0.4, -0.2) is 38.8 Å². The molecular weight excluding hydrogens is 306 g/mol. The Balaban J connectivity index is 1.50. The minimum absolute atomic E-state index is 0.0619. The summed E-state index contributed by atoms with van der Waals surface area (Å²) in [4.78, 5) is 16.1. The van der Waals surface area contributed by atoms with Gasteiger partial charge in [-0.25, -0.2) is 4.98 Å². The van der Waals surface area contributed by atoms with Gasteiger partial charge in [0.1, 0.15) is 18.0 Å². The molecule has 2 aromatic rings. The predicted octanol–water partition coefficient (Wildman–Crippen LogP) is 1.75. The van der Waals surface area contributed by atoms with Crippen LogP contribution in [0, 0.1) is 0 Å². The predicted molar refractivity (Wildman–Crippen MR) is 89.5 cm³/mol. The maximum Gasteiger partial charge on any atom is 0.222 e. The quantitative estimate of drug-likeness (QED) is 0.846. The minimum Gasteiger partial charge on any atom is -0.488 e. The number of aliphatic hydroxyl groups is 1. The topological polar surface area (TPSA) is 76.4 Å². The number of para-hydroxylation sites is 1. The summed E-state index contributed by atoms with van der Waals surface area (Å²) in [5, 5.41) is 13.5. The number of rotatable bonds is 6. The SMILES string of the molecule is O=C(CCn1ccnc1)N[C@@H]1CCC[C@@H](Oc2ccccc2)[C@@H]1O. The van der Waals surface area contributed by atoms with E-state index in [1.54, 1.807) is 12.5 Å². The first-order valence-corrected chi connectivity index (χ1v) is 8.37. The second-order valence-corrected chi connectivity index (χ2v) is 6.12. The number of hydrogen-bond donors (Lipinski definition) is 2. The molecule has 0 spiro atoms. The lowest BCUT2D eigenvalue weighted by Gasteiger charge is -2.35. The lowest BCUT2D eigenvalue weighted by Crippen LogP contribution is -2.52. The average molecular weight is 329 g/mol. The third-order valence-electron chi connectivity index (χ3n) is 4.33. The highest BCUT2D eigenvalue weighted by Crippen LogP contribution is 2.24. The van der Waals surface area contributed by atoms with Crippen molar-refractivity contribution in [2.24, 2.45) is 0 Å². The third kappa shape index (κ3) is 4.35. The average Bonchev–Trinajstić information content (AvgIpc) is 3.11. The van der Waals surface area contributed by atoms with Gasteiger partial charge in [0, 0.05) is 25.4 Å². The number of amides is 1. The Labute approximate surface area is 141 Å². The van der Waals surface area contributed by atoms with Crippen LogP contribution >= 0.6 is 0 Å². The molecule has 2 N–H and O–H groups in total. The van der Waals surface area contributed by atoms with Crippen molar-refractivity contribution in [1.29, 1.82) is 0 Å². The van der Waals surface area contributed by atoms with Gasteiger partial charge in [0.05, 0.1) is 12.4 Å². The number of benzene rings is 1. The van der Waals surface area contributed by atoms with E-state index in [1.165, 1.54) is 0 Å².